The first-order valence-corrected chi connectivity index (χ1v) is 12.3. The summed E-state index contributed by atoms with van der Waals surface area (Å²) in [5.74, 6) is 2.63. The first-order chi connectivity index (χ1) is 17.5. The zero-order chi connectivity index (χ0) is 24.9. The van der Waals surface area contributed by atoms with Crippen LogP contribution in [0.15, 0.2) is 53.1 Å². The van der Waals surface area contributed by atoms with E-state index in [-0.39, 0.29) is 18.6 Å². The van der Waals surface area contributed by atoms with Crippen LogP contribution in [0.25, 0.3) is 0 Å². The zero-order valence-corrected chi connectivity index (χ0v) is 20.9. The Labute approximate surface area is 214 Å². The molecule has 36 heavy (non-hydrogen) atoms. The Hall–Kier alpha value is -3.27. The Morgan fingerprint density at radius 2 is 2.00 bits per heavy atom. The van der Waals surface area contributed by atoms with Crippen molar-refractivity contribution in [3.63, 3.8) is 0 Å². The molecule has 2 aliphatic heterocycles. The average Bonchev–Trinajstić information content (AvgIpc) is 3.36. The second kappa shape index (κ2) is 11.2. The highest BCUT2D eigenvalue weighted by Gasteiger charge is 2.23. The van der Waals surface area contributed by atoms with E-state index in [1.807, 2.05) is 18.2 Å². The van der Waals surface area contributed by atoms with Gasteiger partial charge in [-0.25, -0.2) is 0 Å². The molecule has 0 aliphatic carbocycles. The summed E-state index contributed by atoms with van der Waals surface area (Å²) in [4.78, 5) is 21.5. The number of carbonyl (C=O) groups is 1. The number of carbonyl (C=O) groups excluding carboxylic acids is 1. The summed E-state index contributed by atoms with van der Waals surface area (Å²) in [6.07, 6.45) is 1.24. The van der Waals surface area contributed by atoms with Crippen molar-refractivity contribution in [1.29, 1.82) is 0 Å². The van der Waals surface area contributed by atoms with Crippen LogP contribution in [0.5, 0.6) is 17.2 Å². The van der Waals surface area contributed by atoms with Gasteiger partial charge in [-0.1, -0.05) is 11.6 Å². The number of aromatic nitrogens is 1. The lowest BCUT2D eigenvalue weighted by atomic mass is 10.2. The molecule has 1 saturated heterocycles. The lowest BCUT2D eigenvalue weighted by molar-refractivity contribution is 0.0767. The van der Waals surface area contributed by atoms with Crippen LogP contribution in [0.2, 0.25) is 5.02 Å². The zero-order valence-electron chi connectivity index (χ0n) is 20.1. The highest BCUT2D eigenvalue weighted by atomic mass is 35.5. The summed E-state index contributed by atoms with van der Waals surface area (Å²) in [5, 5.41) is 3.46. The molecule has 10 heteroatoms. The van der Waals surface area contributed by atoms with Gasteiger partial charge < -0.3 is 28.8 Å². The maximum Gasteiger partial charge on any atom is 0.287 e. The number of halogens is 1. The number of hydrogen-bond acceptors (Lipinski definition) is 8. The molecule has 5 rings (SSSR count). The van der Waals surface area contributed by atoms with Crippen molar-refractivity contribution in [1.82, 2.24) is 20.1 Å². The number of ether oxygens (including phenoxy) is 3. The van der Waals surface area contributed by atoms with Crippen LogP contribution in [0.1, 0.15) is 22.0 Å². The Balaban J connectivity index is 1.10. The van der Waals surface area contributed by atoms with Crippen molar-refractivity contribution in [2.75, 3.05) is 46.4 Å². The first kappa shape index (κ1) is 24.4. The molecule has 0 spiro atoms. The molecule has 1 atom stereocenters. The van der Waals surface area contributed by atoms with E-state index in [1.54, 1.807) is 30.5 Å². The van der Waals surface area contributed by atoms with Crippen molar-refractivity contribution in [3.05, 3.63) is 70.9 Å². The van der Waals surface area contributed by atoms with Crippen LogP contribution < -0.4 is 19.5 Å². The summed E-state index contributed by atoms with van der Waals surface area (Å²) in [7, 11) is 2.12. The highest BCUT2D eigenvalue weighted by molar-refractivity contribution is 6.30. The molecule has 2 aromatic heterocycles. The van der Waals surface area contributed by atoms with Crippen LogP contribution in [-0.2, 0) is 13.2 Å². The Kier molecular flexibility index (Phi) is 7.60. The standard InChI is InChI=1S/C26H29ClN4O5/c1-30-8-10-31(11-9-30)15-21-5-7-24(35-21)26(32)29-14-22-17-34-23-6-4-20(12-25(23)36-22)33-16-19-3-2-18(27)13-28-19/h2-7,12-13,22H,8-11,14-17H2,1H3,(H,29,32). The molecule has 1 aromatic carbocycles. The molecule has 2 aliphatic rings. The number of pyridine rings is 1. The van der Waals surface area contributed by atoms with Gasteiger partial charge in [0.1, 0.15) is 30.8 Å². The highest BCUT2D eigenvalue weighted by Crippen LogP contribution is 2.35. The Morgan fingerprint density at radius 3 is 2.81 bits per heavy atom. The summed E-state index contributed by atoms with van der Waals surface area (Å²) < 4.78 is 23.5. The molecule has 0 bridgehead atoms. The van der Waals surface area contributed by atoms with Gasteiger partial charge in [0.15, 0.2) is 17.3 Å². The normalized spacial score (nSPS) is 18.1. The van der Waals surface area contributed by atoms with Gasteiger partial charge in [0.25, 0.3) is 5.91 Å². The molecular formula is C26H29ClN4O5. The third-order valence-corrected chi connectivity index (χ3v) is 6.38. The minimum Gasteiger partial charge on any atom is -0.487 e. The molecule has 9 nitrogen and oxygen atoms in total. The largest absolute Gasteiger partial charge is 0.487 e. The second-order valence-corrected chi connectivity index (χ2v) is 9.41. The number of piperazine rings is 1. The number of fused-ring (bicyclic) bond motifs is 1. The summed E-state index contributed by atoms with van der Waals surface area (Å²) in [6, 6.07) is 12.6. The smallest absolute Gasteiger partial charge is 0.287 e. The van der Waals surface area contributed by atoms with Crippen LogP contribution in [0.4, 0.5) is 0 Å². The molecule has 1 fully saturated rings. The molecule has 1 amide bonds. The van der Waals surface area contributed by atoms with Crippen LogP contribution in [0, 0.1) is 0 Å². The first-order valence-electron chi connectivity index (χ1n) is 12.0. The van der Waals surface area contributed by atoms with Crippen molar-refractivity contribution in [3.8, 4) is 17.2 Å². The minimum absolute atomic E-state index is 0.276. The average molecular weight is 513 g/mol. The van der Waals surface area contributed by atoms with Gasteiger partial charge in [0, 0.05) is 38.4 Å². The van der Waals surface area contributed by atoms with E-state index in [4.69, 9.17) is 30.2 Å². The van der Waals surface area contributed by atoms with Crippen molar-refractivity contribution >= 4 is 17.5 Å². The van der Waals surface area contributed by atoms with Gasteiger partial charge >= 0.3 is 0 Å². The summed E-state index contributed by atoms with van der Waals surface area (Å²) >= 11 is 5.87. The fourth-order valence-corrected chi connectivity index (χ4v) is 4.15. The van der Waals surface area contributed by atoms with E-state index in [1.165, 1.54) is 0 Å². The van der Waals surface area contributed by atoms with E-state index in [0.29, 0.717) is 47.8 Å². The number of rotatable bonds is 8. The van der Waals surface area contributed by atoms with E-state index in [9.17, 15) is 4.79 Å². The molecular weight excluding hydrogens is 484 g/mol. The fraction of sp³-hybridized carbons (Fsp3) is 0.385. The van der Waals surface area contributed by atoms with Crippen LogP contribution in [-0.4, -0.2) is 73.2 Å². The maximum absolute atomic E-state index is 12.6. The van der Waals surface area contributed by atoms with Crippen LogP contribution >= 0.6 is 11.6 Å². The number of hydrogen-bond donors (Lipinski definition) is 1. The molecule has 190 valence electrons. The Morgan fingerprint density at radius 1 is 1.14 bits per heavy atom. The number of amides is 1. The van der Waals surface area contributed by atoms with Gasteiger partial charge in [-0.2, -0.15) is 0 Å². The quantitative estimate of drug-likeness (QED) is 0.492. The van der Waals surface area contributed by atoms with E-state index < -0.39 is 0 Å². The fourth-order valence-electron chi connectivity index (χ4n) is 4.04. The van der Waals surface area contributed by atoms with Crippen LogP contribution in [0.3, 0.4) is 0 Å². The number of likely N-dealkylation sites (N-methyl/N-ethyl adjacent to an activating group) is 1. The van der Waals surface area contributed by atoms with Gasteiger partial charge in [0.05, 0.1) is 23.8 Å². The predicted molar refractivity (Wildman–Crippen MR) is 134 cm³/mol. The molecule has 3 aromatic rings. The minimum atomic E-state index is -0.339. The third kappa shape index (κ3) is 6.29. The van der Waals surface area contributed by atoms with E-state index in [0.717, 1.165) is 37.6 Å². The monoisotopic (exact) mass is 512 g/mol. The number of benzene rings is 1. The summed E-state index contributed by atoms with van der Waals surface area (Å²) in [6.45, 7) is 5.67. The predicted octanol–water partition coefficient (Wildman–Crippen LogP) is 3.22. The molecule has 1 N–H and O–H groups in total. The number of nitrogens with zero attached hydrogens (tertiary/aromatic N) is 3. The topological polar surface area (TPSA) is 89.3 Å². The second-order valence-electron chi connectivity index (χ2n) is 8.97. The van der Waals surface area contributed by atoms with E-state index in [2.05, 4.69) is 27.1 Å². The number of furan rings is 1. The summed E-state index contributed by atoms with van der Waals surface area (Å²) in [5.41, 5.74) is 0.763. The van der Waals surface area contributed by atoms with Gasteiger partial charge in [-0.3, -0.25) is 14.7 Å². The maximum atomic E-state index is 12.6. The SMILES string of the molecule is CN1CCN(Cc2ccc(C(=O)NCC3COc4ccc(OCc5ccc(Cl)cn5)cc4O3)o2)CC1. The third-order valence-electron chi connectivity index (χ3n) is 6.16. The molecule has 4 heterocycles. The lowest BCUT2D eigenvalue weighted by Gasteiger charge is -2.31. The molecule has 1 unspecified atom stereocenters. The van der Waals surface area contributed by atoms with Crippen molar-refractivity contribution in [2.24, 2.45) is 0 Å². The van der Waals surface area contributed by atoms with Crippen molar-refractivity contribution < 1.29 is 23.4 Å². The van der Waals surface area contributed by atoms with Crippen molar-refractivity contribution in [2.45, 2.75) is 19.3 Å². The lowest BCUT2D eigenvalue weighted by Crippen LogP contribution is -2.43. The van der Waals surface area contributed by atoms with Gasteiger partial charge in [-0.05, 0) is 43.4 Å². The molecule has 0 radical (unpaired) electrons. The van der Waals surface area contributed by atoms with Gasteiger partial charge in [-0.15, -0.1) is 0 Å². The number of nitrogens with one attached hydrogen (secondary N) is 1. The molecule has 0 saturated carbocycles. The van der Waals surface area contributed by atoms with E-state index >= 15 is 0 Å². The van der Waals surface area contributed by atoms with Gasteiger partial charge in [0.2, 0.25) is 0 Å². The Bertz CT molecular complexity index is 1180.